The molecule has 0 amide bonds. The molecule has 12 heteroatoms. The molecule has 0 saturated heterocycles. The van der Waals surface area contributed by atoms with E-state index >= 15 is 0 Å². The normalized spacial score (nSPS) is 16.5. The molecule has 0 aliphatic heterocycles. The molecule has 0 aliphatic rings. The van der Waals surface area contributed by atoms with Gasteiger partial charge in [-0.2, -0.15) is 0 Å². The Bertz CT molecular complexity index is 559. The van der Waals surface area contributed by atoms with Gasteiger partial charge in [-0.15, -0.1) is 0 Å². The largest absolute Gasteiger partial charge is 0.389 e. The number of nitrogens with zero attached hydrogens (tertiary/aromatic N) is 1. The summed E-state index contributed by atoms with van der Waals surface area (Å²) < 4.78 is 43.9. The molecule has 0 rings (SSSR count). The monoisotopic (exact) mass is 630 g/mol. The number of rotatable bonds is 31. The minimum absolute atomic E-state index is 0.0848. The van der Waals surface area contributed by atoms with Gasteiger partial charge in [0.05, 0.1) is 49.0 Å². The second-order valence-corrected chi connectivity index (χ2v) is 13.3. The Morgan fingerprint density at radius 1 is 0.667 bits per heavy atom. The molecule has 0 aliphatic carbocycles. The van der Waals surface area contributed by atoms with Crippen molar-refractivity contribution in [1.29, 1.82) is 0 Å². The molecule has 0 radical (unpaired) electrons. The first-order valence-corrected chi connectivity index (χ1v) is 17.9. The Kier molecular flexibility index (Phi) is 27.2. The van der Waals surface area contributed by atoms with Crippen molar-refractivity contribution in [2.45, 2.75) is 104 Å². The van der Waals surface area contributed by atoms with Crippen molar-refractivity contribution >= 4 is 10.9 Å². The molecule has 0 bridgehead atoms. The van der Waals surface area contributed by atoms with Crippen molar-refractivity contribution in [1.82, 2.24) is 10.2 Å². The quantitative estimate of drug-likeness (QED) is 0.0553. The van der Waals surface area contributed by atoms with Crippen LogP contribution in [0.5, 0.6) is 0 Å². The van der Waals surface area contributed by atoms with Crippen LogP contribution in [0.2, 0.25) is 0 Å². The smallest absolute Gasteiger partial charge is 0.0900 e. The minimum Gasteiger partial charge on any atom is -0.389 e. The summed E-state index contributed by atoms with van der Waals surface area (Å²) in [7, 11) is -3.51. The SMILES string of the molecule is CCCCC(CC)COCC(O)CN(CCNCC(O)COCCCS(O)(O)O)CC(O)COCC(CC)CCCC. The van der Waals surface area contributed by atoms with E-state index in [2.05, 4.69) is 33.0 Å². The van der Waals surface area contributed by atoms with Crippen LogP contribution >= 0.6 is 10.9 Å². The molecule has 11 nitrogen and oxygen atoms in total. The molecule has 0 aromatic rings. The molecule has 42 heavy (non-hydrogen) atoms. The van der Waals surface area contributed by atoms with Crippen LogP contribution in [0.4, 0.5) is 0 Å². The fraction of sp³-hybridized carbons (Fsp3) is 1.00. The first-order chi connectivity index (χ1) is 20.0. The van der Waals surface area contributed by atoms with E-state index in [1.165, 1.54) is 12.8 Å². The van der Waals surface area contributed by atoms with E-state index in [-0.39, 0.29) is 38.6 Å². The summed E-state index contributed by atoms with van der Waals surface area (Å²) in [5.41, 5.74) is 0. The number of ether oxygens (including phenoxy) is 3. The van der Waals surface area contributed by atoms with Gasteiger partial charge in [-0.3, -0.25) is 4.90 Å². The van der Waals surface area contributed by atoms with Gasteiger partial charge < -0.3 is 48.5 Å². The predicted molar refractivity (Wildman–Crippen MR) is 171 cm³/mol. The lowest BCUT2D eigenvalue weighted by Gasteiger charge is -2.28. The van der Waals surface area contributed by atoms with Crippen molar-refractivity contribution in [2.75, 3.05) is 78.1 Å². The first kappa shape index (κ1) is 41.9. The Morgan fingerprint density at radius 2 is 1.17 bits per heavy atom. The van der Waals surface area contributed by atoms with E-state index in [1.54, 1.807) is 0 Å². The second-order valence-electron chi connectivity index (χ2n) is 11.6. The molecule has 0 saturated carbocycles. The number of unbranched alkanes of at least 4 members (excludes halogenated alkanes) is 2. The fourth-order valence-electron chi connectivity index (χ4n) is 4.64. The third kappa shape index (κ3) is 26.3. The number of aliphatic hydroxyl groups is 3. The summed E-state index contributed by atoms with van der Waals surface area (Å²) >= 11 is 0. The number of hydrogen-bond acceptors (Lipinski definition) is 11. The van der Waals surface area contributed by atoms with Gasteiger partial charge in [0.2, 0.25) is 0 Å². The summed E-state index contributed by atoms with van der Waals surface area (Å²) in [6.45, 7) is 12.9. The standard InChI is InChI=1S/C30H66N2O9S/c1-5-9-12-26(7-3)21-40-24-29(34)19-32(20-30(35)25-41-22-27(8-4)13-10-6-2)15-14-31-18-28(33)23-39-16-11-17-42(36,37)38/h26-31,33-38H,5-25H2,1-4H3. The summed E-state index contributed by atoms with van der Waals surface area (Å²) in [5.74, 6) is 0.857. The maximum absolute atomic E-state index is 10.7. The van der Waals surface area contributed by atoms with Gasteiger partial charge in [0, 0.05) is 58.3 Å². The highest BCUT2D eigenvalue weighted by molar-refractivity contribution is 8.19. The van der Waals surface area contributed by atoms with Crippen molar-refractivity contribution in [3.05, 3.63) is 0 Å². The van der Waals surface area contributed by atoms with Crippen LogP contribution in [0.3, 0.4) is 0 Å². The van der Waals surface area contributed by atoms with Gasteiger partial charge in [0.15, 0.2) is 0 Å². The molecule has 7 N–H and O–H groups in total. The Labute approximate surface area is 257 Å². The van der Waals surface area contributed by atoms with Gasteiger partial charge in [-0.25, -0.2) is 0 Å². The average molecular weight is 631 g/mol. The zero-order valence-corrected chi connectivity index (χ0v) is 27.8. The van der Waals surface area contributed by atoms with Crippen LogP contribution in [-0.2, 0) is 14.2 Å². The van der Waals surface area contributed by atoms with Crippen molar-refractivity contribution < 1.29 is 43.2 Å². The van der Waals surface area contributed by atoms with Gasteiger partial charge in [-0.05, 0) is 31.1 Å². The zero-order chi connectivity index (χ0) is 31.6. The van der Waals surface area contributed by atoms with Crippen LogP contribution in [0.1, 0.15) is 85.5 Å². The third-order valence-electron chi connectivity index (χ3n) is 7.35. The Morgan fingerprint density at radius 3 is 1.62 bits per heavy atom. The molecule has 5 unspecified atom stereocenters. The summed E-state index contributed by atoms with van der Waals surface area (Å²) in [6.07, 6.45) is 7.25. The highest BCUT2D eigenvalue weighted by Gasteiger charge is 2.18. The molecule has 0 heterocycles. The van der Waals surface area contributed by atoms with Crippen molar-refractivity contribution in [3.63, 3.8) is 0 Å². The molecule has 0 aromatic heterocycles. The van der Waals surface area contributed by atoms with Crippen LogP contribution in [0.15, 0.2) is 0 Å². The highest BCUT2D eigenvalue weighted by atomic mass is 32.3. The van der Waals surface area contributed by atoms with Gasteiger partial charge in [0.25, 0.3) is 0 Å². The van der Waals surface area contributed by atoms with Crippen molar-refractivity contribution in [2.24, 2.45) is 11.8 Å². The van der Waals surface area contributed by atoms with E-state index in [0.717, 1.165) is 38.5 Å². The summed E-state index contributed by atoms with van der Waals surface area (Å²) in [6, 6.07) is 0. The van der Waals surface area contributed by atoms with E-state index in [0.29, 0.717) is 57.8 Å². The third-order valence-corrected chi connectivity index (χ3v) is 8.19. The number of aliphatic hydroxyl groups excluding tert-OH is 3. The van der Waals surface area contributed by atoms with Crippen LogP contribution in [0, 0.1) is 11.8 Å². The van der Waals surface area contributed by atoms with Gasteiger partial charge in [-0.1, -0.05) is 66.2 Å². The highest BCUT2D eigenvalue weighted by Crippen LogP contribution is 2.32. The lowest BCUT2D eigenvalue weighted by atomic mass is 10.0. The molecule has 256 valence electrons. The van der Waals surface area contributed by atoms with E-state index in [1.807, 2.05) is 4.90 Å². The summed E-state index contributed by atoms with van der Waals surface area (Å²) in [5, 5.41) is 34.7. The van der Waals surface area contributed by atoms with Crippen LogP contribution in [0.25, 0.3) is 0 Å². The summed E-state index contributed by atoms with van der Waals surface area (Å²) in [4.78, 5) is 1.99. The molecular weight excluding hydrogens is 564 g/mol. The van der Waals surface area contributed by atoms with Crippen molar-refractivity contribution in [3.8, 4) is 0 Å². The zero-order valence-electron chi connectivity index (χ0n) is 27.0. The molecule has 0 aromatic carbocycles. The Balaban J connectivity index is 4.63. The lowest BCUT2D eigenvalue weighted by molar-refractivity contribution is -0.0204. The molecule has 0 fully saturated rings. The van der Waals surface area contributed by atoms with E-state index in [4.69, 9.17) is 27.9 Å². The predicted octanol–water partition coefficient (Wildman–Crippen LogP) is 4.06. The fourth-order valence-corrected chi connectivity index (χ4v) is 5.14. The average Bonchev–Trinajstić information content (AvgIpc) is 2.93. The van der Waals surface area contributed by atoms with E-state index in [9.17, 15) is 15.3 Å². The second kappa shape index (κ2) is 27.2. The number of hydrogen-bond donors (Lipinski definition) is 7. The van der Waals surface area contributed by atoms with Crippen LogP contribution in [-0.4, -0.2) is 130 Å². The minimum atomic E-state index is -3.51. The maximum Gasteiger partial charge on any atom is 0.0900 e. The van der Waals surface area contributed by atoms with E-state index < -0.39 is 29.2 Å². The Hall–Kier alpha value is -0.0900. The molecule has 0 spiro atoms. The lowest BCUT2D eigenvalue weighted by Crippen LogP contribution is -2.44. The van der Waals surface area contributed by atoms with Gasteiger partial charge in [0.1, 0.15) is 0 Å². The maximum atomic E-state index is 10.7. The van der Waals surface area contributed by atoms with Crippen LogP contribution < -0.4 is 5.32 Å². The molecular formula is C30H66N2O9S. The topological polar surface area (TPSA) is 164 Å². The number of nitrogens with one attached hydrogen (secondary N) is 1. The van der Waals surface area contributed by atoms with Gasteiger partial charge >= 0.3 is 0 Å². The first-order valence-electron chi connectivity index (χ1n) is 16.2. The molecule has 5 atom stereocenters.